The van der Waals surface area contributed by atoms with Crippen LogP contribution in [-0.4, -0.2) is 47.1 Å². The molecule has 0 saturated carbocycles. The third kappa shape index (κ3) is 6.03. The molecule has 4 N–H and O–H groups in total. The SMILES string of the molecule is CNCCn1cnc(-c2cc3nccc(Oc4ccc(C(C(N)=O)C(=O)Nc5ccccc5OC)cc4F)c3s2)c1. The van der Waals surface area contributed by atoms with E-state index in [4.69, 9.17) is 15.2 Å². The monoisotopic (exact) mass is 574 g/mol. The fourth-order valence-electron chi connectivity index (χ4n) is 4.27. The summed E-state index contributed by atoms with van der Waals surface area (Å²) in [7, 11) is 3.35. The molecule has 3 heterocycles. The molecular formula is C29H27FN6O4S. The summed E-state index contributed by atoms with van der Waals surface area (Å²) >= 11 is 1.43. The highest BCUT2D eigenvalue weighted by Gasteiger charge is 2.28. The van der Waals surface area contributed by atoms with E-state index in [1.807, 2.05) is 23.9 Å². The molecular weight excluding hydrogens is 547 g/mol. The molecule has 0 bridgehead atoms. The van der Waals surface area contributed by atoms with E-state index in [0.29, 0.717) is 22.7 Å². The second kappa shape index (κ2) is 12.1. The van der Waals surface area contributed by atoms with Crippen molar-refractivity contribution in [3.8, 4) is 27.8 Å². The Labute approximate surface area is 238 Å². The number of hydrogen-bond acceptors (Lipinski definition) is 8. The first-order chi connectivity index (χ1) is 19.9. The van der Waals surface area contributed by atoms with E-state index >= 15 is 4.39 Å². The molecule has 41 heavy (non-hydrogen) atoms. The summed E-state index contributed by atoms with van der Waals surface area (Å²) in [5.41, 5.74) is 7.47. The van der Waals surface area contributed by atoms with Crippen LogP contribution in [0, 0.1) is 5.82 Å². The van der Waals surface area contributed by atoms with Gasteiger partial charge in [-0.25, -0.2) is 9.37 Å². The Kier molecular flexibility index (Phi) is 8.22. The number of nitrogens with zero attached hydrogens (tertiary/aromatic N) is 3. The van der Waals surface area contributed by atoms with Crippen molar-refractivity contribution in [1.82, 2.24) is 19.9 Å². The fourth-order valence-corrected chi connectivity index (χ4v) is 5.29. The number of aromatic nitrogens is 3. The predicted octanol–water partition coefficient (Wildman–Crippen LogP) is 4.53. The third-order valence-corrected chi connectivity index (χ3v) is 7.46. The normalized spacial score (nSPS) is 11.8. The van der Waals surface area contributed by atoms with Gasteiger partial charge in [0.05, 0.1) is 39.9 Å². The molecule has 0 saturated heterocycles. The van der Waals surface area contributed by atoms with E-state index in [1.54, 1.807) is 42.9 Å². The smallest absolute Gasteiger partial charge is 0.241 e. The maximum atomic E-state index is 15.3. The number of anilines is 1. The average Bonchev–Trinajstić information content (AvgIpc) is 3.61. The summed E-state index contributed by atoms with van der Waals surface area (Å²) in [6.45, 7) is 1.60. The molecule has 3 aromatic heterocycles. The minimum atomic E-state index is -1.44. The van der Waals surface area contributed by atoms with Crippen LogP contribution in [0.15, 0.2) is 73.3 Å². The summed E-state index contributed by atoms with van der Waals surface area (Å²) in [5.74, 6) is -3.12. The van der Waals surface area contributed by atoms with Gasteiger partial charge < -0.3 is 30.4 Å². The molecule has 210 valence electrons. The third-order valence-electron chi connectivity index (χ3n) is 6.30. The molecule has 5 aromatic rings. The first-order valence-corrected chi connectivity index (χ1v) is 13.5. The Bertz CT molecular complexity index is 1720. The maximum absolute atomic E-state index is 15.3. The summed E-state index contributed by atoms with van der Waals surface area (Å²) in [6, 6.07) is 14.1. The lowest BCUT2D eigenvalue weighted by Gasteiger charge is -2.16. The average molecular weight is 575 g/mol. The first kappa shape index (κ1) is 27.7. The summed E-state index contributed by atoms with van der Waals surface area (Å²) < 4.78 is 29.2. The van der Waals surface area contributed by atoms with Crippen molar-refractivity contribution in [3.05, 3.63) is 84.7 Å². The second-order valence-corrected chi connectivity index (χ2v) is 10.1. The highest BCUT2D eigenvalue weighted by molar-refractivity contribution is 7.22. The predicted molar refractivity (Wildman–Crippen MR) is 155 cm³/mol. The topological polar surface area (TPSA) is 133 Å². The number of halogens is 1. The number of thiophene rings is 1. The molecule has 1 unspecified atom stereocenters. The van der Waals surface area contributed by atoms with Crippen LogP contribution >= 0.6 is 11.3 Å². The Balaban J connectivity index is 1.38. The van der Waals surface area contributed by atoms with Crippen LogP contribution in [0.4, 0.5) is 10.1 Å². The molecule has 0 aliphatic rings. The van der Waals surface area contributed by atoms with Crippen molar-refractivity contribution < 1.29 is 23.5 Å². The number of nitrogens with one attached hydrogen (secondary N) is 2. The lowest BCUT2D eigenvalue weighted by molar-refractivity contribution is -0.127. The number of hydrogen-bond donors (Lipinski definition) is 3. The van der Waals surface area contributed by atoms with Gasteiger partial charge in [0.2, 0.25) is 11.8 Å². The number of imidazole rings is 1. The first-order valence-electron chi connectivity index (χ1n) is 12.6. The summed E-state index contributed by atoms with van der Waals surface area (Å²) in [4.78, 5) is 35.1. The van der Waals surface area contributed by atoms with Gasteiger partial charge >= 0.3 is 0 Å². The zero-order valence-corrected chi connectivity index (χ0v) is 23.1. The van der Waals surface area contributed by atoms with E-state index in [0.717, 1.165) is 34.4 Å². The molecule has 0 spiro atoms. The van der Waals surface area contributed by atoms with Gasteiger partial charge in [0.1, 0.15) is 17.4 Å². The second-order valence-electron chi connectivity index (χ2n) is 9.05. The van der Waals surface area contributed by atoms with E-state index in [9.17, 15) is 9.59 Å². The van der Waals surface area contributed by atoms with E-state index < -0.39 is 23.5 Å². The standard InChI is InChI=1S/C29H27FN6O4S/c1-32-11-12-36-15-21(34-16-36)25-14-20-27(41-25)24(9-10-33-20)40-22-8-7-17(13-18(22)30)26(28(31)37)29(38)35-19-5-3-4-6-23(19)39-2/h3-10,13-16,26,32H,11-12H2,1-2H3,(H2,31,37)(H,35,38). The number of carbonyl (C=O) groups is 2. The Morgan fingerprint density at radius 1 is 1.10 bits per heavy atom. The molecule has 0 fully saturated rings. The van der Waals surface area contributed by atoms with Gasteiger partial charge in [-0.2, -0.15) is 0 Å². The van der Waals surface area contributed by atoms with Crippen molar-refractivity contribution >= 4 is 39.1 Å². The number of fused-ring (bicyclic) bond motifs is 1. The van der Waals surface area contributed by atoms with Crippen LogP contribution in [0.1, 0.15) is 11.5 Å². The number of amides is 2. The van der Waals surface area contributed by atoms with Crippen LogP contribution in [0.5, 0.6) is 17.2 Å². The van der Waals surface area contributed by atoms with Crippen molar-refractivity contribution in [2.75, 3.05) is 26.0 Å². The number of para-hydroxylation sites is 2. The molecule has 5 rings (SSSR count). The van der Waals surface area contributed by atoms with Crippen LogP contribution in [-0.2, 0) is 16.1 Å². The zero-order chi connectivity index (χ0) is 28.9. The van der Waals surface area contributed by atoms with Crippen molar-refractivity contribution in [2.24, 2.45) is 5.73 Å². The number of benzene rings is 2. The number of ether oxygens (including phenoxy) is 2. The summed E-state index contributed by atoms with van der Waals surface area (Å²) in [6.07, 6.45) is 5.31. The Morgan fingerprint density at radius 3 is 2.68 bits per heavy atom. The van der Waals surface area contributed by atoms with Crippen LogP contribution < -0.4 is 25.8 Å². The maximum Gasteiger partial charge on any atom is 0.241 e. The molecule has 0 radical (unpaired) electrons. The Hall–Kier alpha value is -4.81. The molecule has 2 amide bonds. The van der Waals surface area contributed by atoms with Crippen molar-refractivity contribution in [3.63, 3.8) is 0 Å². The van der Waals surface area contributed by atoms with E-state index in [-0.39, 0.29) is 11.3 Å². The number of likely N-dealkylation sites (N-methyl/N-ethyl adjacent to an activating group) is 1. The van der Waals surface area contributed by atoms with Crippen molar-refractivity contribution in [1.29, 1.82) is 0 Å². The fraction of sp³-hybridized carbons (Fsp3) is 0.172. The number of pyridine rings is 1. The van der Waals surface area contributed by atoms with Gasteiger partial charge in [0, 0.05) is 31.5 Å². The number of methoxy groups -OCH3 is 1. The van der Waals surface area contributed by atoms with Crippen molar-refractivity contribution in [2.45, 2.75) is 12.5 Å². The van der Waals surface area contributed by atoms with Gasteiger partial charge in [-0.05, 0) is 42.9 Å². The largest absolute Gasteiger partial charge is 0.495 e. The molecule has 12 heteroatoms. The van der Waals surface area contributed by atoms with Gasteiger partial charge in [-0.15, -0.1) is 11.3 Å². The zero-order valence-electron chi connectivity index (χ0n) is 22.3. The van der Waals surface area contributed by atoms with Gasteiger partial charge in [-0.3, -0.25) is 14.6 Å². The molecule has 10 nitrogen and oxygen atoms in total. The number of primary amides is 1. The quantitative estimate of drug-likeness (QED) is 0.198. The molecule has 1 atom stereocenters. The lowest BCUT2D eigenvalue weighted by Crippen LogP contribution is -2.32. The molecule has 2 aromatic carbocycles. The van der Waals surface area contributed by atoms with E-state index in [1.165, 1.54) is 30.6 Å². The number of nitrogens with two attached hydrogens (primary N) is 1. The minimum absolute atomic E-state index is 0.0825. The van der Waals surface area contributed by atoms with Gasteiger partial charge in [-0.1, -0.05) is 18.2 Å². The number of rotatable bonds is 11. The van der Waals surface area contributed by atoms with Gasteiger partial charge in [0.15, 0.2) is 11.6 Å². The highest BCUT2D eigenvalue weighted by atomic mass is 32.1. The highest BCUT2D eigenvalue weighted by Crippen LogP contribution is 2.39. The van der Waals surface area contributed by atoms with Crippen LogP contribution in [0.2, 0.25) is 0 Å². The number of carbonyl (C=O) groups excluding carboxylic acids is 2. The minimum Gasteiger partial charge on any atom is -0.495 e. The lowest BCUT2D eigenvalue weighted by atomic mass is 9.97. The van der Waals surface area contributed by atoms with Gasteiger partial charge in [0.25, 0.3) is 0 Å². The van der Waals surface area contributed by atoms with E-state index in [2.05, 4.69) is 20.6 Å². The Morgan fingerprint density at radius 2 is 1.93 bits per heavy atom. The summed E-state index contributed by atoms with van der Waals surface area (Å²) in [5, 5.41) is 5.73. The molecule has 0 aliphatic heterocycles. The molecule has 0 aliphatic carbocycles. The van der Waals surface area contributed by atoms with Crippen LogP contribution in [0.25, 0.3) is 20.8 Å². The van der Waals surface area contributed by atoms with Crippen LogP contribution in [0.3, 0.4) is 0 Å².